The molecule has 2 aromatic rings. The highest BCUT2D eigenvalue weighted by molar-refractivity contribution is 5.88. The van der Waals surface area contributed by atoms with Crippen molar-refractivity contribution in [3.05, 3.63) is 60.4 Å². The first-order valence-corrected chi connectivity index (χ1v) is 21.2. The van der Waals surface area contributed by atoms with Crippen molar-refractivity contribution >= 4 is 17.7 Å². The van der Waals surface area contributed by atoms with Gasteiger partial charge in [0.25, 0.3) is 0 Å². The molecule has 0 bridgehead atoms. The van der Waals surface area contributed by atoms with Gasteiger partial charge >= 0.3 is 11.9 Å². The quantitative estimate of drug-likeness (QED) is 0.126. The van der Waals surface area contributed by atoms with Crippen LogP contribution < -0.4 is 4.74 Å². The summed E-state index contributed by atoms with van der Waals surface area (Å²) in [6.07, 6.45) is -3.73. The third-order valence-corrected chi connectivity index (χ3v) is 12.0. The van der Waals surface area contributed by atoms with Crippen LogP contribution in [0.25, 0.3) is 0 Å². The van der Waals surface area contributed by atoms with E-state index in [2.05, 4.69) is 10.1 Å². The standard InChI is InChI=1S/C45H69N3O12/c1-11-35-45(8,54)40(51)29(4)37(47-56-23-15-22-55-33-16-13-12-14-17-33)27(2)26-44(7,53)41(60-43-38(50)34(48(9)10)24-28(3)57-43)30(5)39(31(6)42(52)58-35)59-36(49)25-32-18-20-46-21-19-32/h12-14,16-21,27-31,34-35,38-41,43,50-51,53-54H,11,15,22-26H2,1-10H3/b47-37+/t27-,28-,29-,30+,31-,34+,35+,38-,39+,40-,41-,43+,44?,45-/m1/s1. The van der Waals surface area contributed by atoms with Crippen molar-refractivity contribution in [1.82, 2.24) is 9.88 Å². The minimum atomic E-state index is -1.97. The van der Waals surface area contributed by atoms with Gasteiger partial charge in [0, 0.05) is 42.6 Å². The Morgan fingerprint density at radius 1 is 0.983 bits per heavy atom. The molecule has 2 aliphatic rings. The number of carbonyl (C=O) groups excluding carboxylic acids is 2. The number of rotatable bonds is 13. The molecule has 1 unspecified atom stereocenters. The zero-order chi connectivity index (χ0) is 44.4. The Labute approximate surface area is 355 Å². The fourth-order valence-electron chi connectivity index (χ4n) is 8.60. The second kappa shape index (κ2) is 21.9. The van der Waals surface area contributed by atoms with Crippen LogP contribution in [0, 0.1) is 23.7 Å². The molecule has 0 saturated carbocycles. The Morgan fingerprint density at radius 3 is 2.28 bits per heavy atom. The second-order valence-corrected chi connectivity index (χ2v) is 17.4. The molecule has 0 radical (unpaired) electrons. The number of oxime groups is 1. The molecule has 336 valence electrons. The first-order valence-electron chi connectivity index (χ1n) is 21.2. The van der Waals surface area contributed by atoms with E-state index in [0.717, 1.165) is 5.75 Å². The van der Waals surface area contributed by atoms with Crippen molar-refractivity contribution in [2.75, 3.05) is 27.3 Å². The number of ether oxygens (including phenoxy) is 5. The van der Waals surface area contributed by atoms with Gasteiger partial charge in [0.15, 0.2) is 6.29 Å². The van der Waals surface area contributed by atoms with Crippen LogP contribution in [0.3, 0.4) is 0 Å². The number of benzene rings is 1. The van der Waals surface area contributed by atoms with E-state index in [9.17, 15) is 30.0 Å². The predicted molar refractivity (Wildman–Crippen MR) is 224 cm³/mol. The van der Waals surface area contributed by atoms with E-state index < -0.39 is 83.6 Å². The average Bonchev–Trinajstić information content (AvgIpc) is 3.20. The van der Waals surface area contributed by atoms with Crippen molar-refractivity contribution in [2.45, 2.75) is 148 Å². The van der Waals surface area contributed by atoms with Gasteiger partial charge in [-0.15, -0.1) is 0 Å². The van der Waals surface area contributed by atoms with E-state index in [1.54, 1.807) is 59.1 Å². The van der Waals surface area contributed by atoms with Crippen LogP contribution >= 0.6 is 0 Å². The number of aliphatic hydroxyl groups is 4. The summed E-state index contributed by atoms with van der Waals surface area (Å²) >= 11 is 0. The molecule has 14 atom stereocenters. The van der Waals surface area contributed by atoms with E-state index in [1.807, 2.05) is 63.2 Å². The third kappa shape index (κ3) is 12.7. The van der Waals surface area contributed by atoms with Crippen LogP contribution in [0.2, 0.25) is 0 Å². The van der Waals surface area contributed by atoms with Crippen molar-refractivity contribution in [3.63, 3.8) is 0 Å². The van der Waals surface area contributed by atoms with Gasteiger partial charge in [-0.3, -0.25) is 14.6 Å². The van der Waals surface area contributed by atoms with E-state index in [-0.39, 0.29) is 38.0 Å². The summed E-state index contributed by atoms with van der Waals surface area (Å²) in [5, 5.41) is 52.7. The molecule has 60 heavy (non-hydrogen) atoms. The van der Waals surface area contributed by atoms with Gasteiger partial charge in [-0.1, -0.05) is 51.0 Å². The van der Waals surface area contributed by atoms with Crippen LogP contribution in [0.1, 0.15) is 86.6 Å². The summed E-state index contributed by atoms with van der Waals surface area (Å²) in [6, 6.07) is 12.4. The minimum Gasteiger partial charge on any atom is -0.493 e. The normalized spacial score (nSPS) is 36.6. The number of hydrogen-bond donors (Lipinski definition) is 4. The molecule has 1 aromatic carbocycles. The lowest BCUT2D eigenvalue weighted by atomic mass is 9.73. The maximum atomic E-state index is 14.2. The van der Waals surface area contributed by atoms with E-state index in [0.29, 0.717) is 30.7 Å². The monoisotopic (exact) mass is 843 g/mol. The molecule has 15 nitrogen and oxygen atoms in total. The van der Waals surface area contributed by atoms with Gasteiger partial charge in [-0.2, -0.15) is 0 Å². The Hall–Kier alpha value is -3.70. The lowest BCUT2D eigenvalue weighted by Crippen LogP contribution is -2.60. The van der Waals surface area contributed by atoms with Crippen LogP contribution in [0.5, 0.6) is 5.75 Å². The van der Waals surface area contributed by atoms with Gasteiger partial charge < -0.3 is 53.8 Å². The third-order valence-electron chi connectivity index (χ3n) is 12.0. The molecule has 15 heteroatoms. The van der Waals surface area contributed by atoms with Crippen molar-refractivity contribution in [1.29, 1.82) is 0 Å². The summed E-state index contributed by atoms with van der Waals surface area (Å²) in [7, 11) is 3.71. The maximum Gasteiger partial charge on any atom is 0.312 e. The van der Waals surface area contributed by atoms with E-state index in [1.165, 1.54) is 6.92 Å². The number of carbonyl (C=O) groups is 2. The molecule has 2 aliphatic heterocycles. The number of pyridine rings is 1. The molecule has 2 fully saturated rings. The smallest absolute Gasteiger partial charge is 0.312 e. The molecule has 4 rings (SSSR count). The second-order valence-electron chi connectivity index (χ2n) is 17.4. The van der Waals surface area contributed by atoms with Crippen LogP contribution in [-0.4, -0.2) is 135 Å². The number of cyclic esters (lactones) is 1. The highest BCUT2D eigenvalue weighted by Gasteiger charge is 2.52. The Bertz CT molecular complexity index is 1660. The summed E-state index contributed by atoms with van der Waals surface area (Å²) in [4.78, 5) is 39.6. The Kier molecular flexibility index (Phi) is 17.9. The number of aliphatic hydroxyl groups excluding tert-OH is 2. The van der Waals surface area contributed by atoms with Crippen LogP contribution in [0.4, 0.5) is 0 Å². The number of hydrogen-bond acceptors (Lipinski definition) is 15. The average molecular weight is 844 g/mol. The zero-order valence-corrected chi connectivity index (χ0v) is 37.0. The number of likely N-dealkylation sites (N-methyl/N-ethyl adjacent to an activating group) is 1. The summed E-state index contributed by atoms with van der Waals surface area (Å²) in [6.45, 7) is 13.9. The molecule has 2 saturated heterocycles. The zero-order valence-electron chi connectivity index (χ0n) is 37.0. The highest BCUT2D eigenvalue weighted by Crippen LogP contribution is 2.39. The molecule has 0 aliphatic carbocycles. The number of para-hydroxylation sites is 1. The number of aromatic nitrogens is 1. The Morgan fingerprint density at radius 2 is 1.65 bits per heavy atom. The lowest BCUT2D eigenvalue weighted by molar-refractivity contribution is -0.299. The number of nitrogens with zero attached hydrogens (tertiary/aromatic N) is 3. The fraction of sp³-hybridized carbons (Fsp3) is 0.689. The van der Waals surface area contributed by atoms with Gasteiger partial charge in [0.1, 0.15) is 36.3 Å². The van der Waals surface area contributed by atoms with Gasteiger partial charge in [-0.25, -0.2) is 0 Å². The summed E-state index contributed by atoms with van der Waals surface area (Å²) < 4.78 is 30.8. The van der Waals surface area contributed by atoms with E-state index >= 15 is 0 Å². The SMILES string of the molecule is CC[C@@H]1OC(=O)[C@H](C)[C@@H](OC(=O)Cc2ccncc2)[C@H](C)[C@@H](O[C@@H]2O[C@H](C)C[C@H](N(C)C)[C@H]2O)C(C)(O)C[C@@H](C)/C(=N\OCCCOc2ccccc2)[C@@H](C)[C@@H](O)[C@]1(C)O. The van der Waals surface area contributed by atoms with Gasteiger partial charge in [-0.05, 0) is 90.9 Å². The van der Waals surface area contributed by atoms with Crippen LogP contribution in [-0.2, 0) is 39.8 Å². The largest absolute Gasteiger partial charge is 0.493 e. The molecule has 0 spiro atoms. The first-order chi connectivity index (χ1) is 28.3. The predicted octanol–water partition coefficient (Wildman–Crippen LogP) is 4.32. The Balaban J connectivity index is 1.77. The lowest BCUT2D eigenvalue weighted by Gasteiger charge is -2.47. The fourth-order valence-corrected chi connectivity index (χ4v) is 8.60. The van der Waals surface area contributed by atoms with Gasteiger partial charge in [0.2, 0.25) is 0 Å². The first kappa shape index (κ1) is 49.0. The molecule has 1 aromatic heterocycles. The molecular formula is C45H69N3O12. The topological polar surface area (TPSA) is 199 Å². The van der Waals surface area contributed by atoms with Crippen molar-refractivity contribution in [2.24, 2.45) is 28.8 Å². The molecular weight excluding hydrogens is 775 g/mol. The summed E-state index contributed by atoms with van der Waals surface area (Å²) in [5.41, 5.74) is -2.79. The van der Waals surface area contributed by atoms with E-state index in [4.69, 9.17) is 28.5 Å². The number of esters is 2. The van der Waals surface area contributed by atoms with Crippen molar-refractivity contribution in [3.8, 4) is 5.75 Å². The van der Waals surface area contributed by atoms with Crippen molar-refractivity contribution < 1.29 is 58.5 Å². The summed E-state index contributed by atoms with van der Waals surface area (Å²) in [5.74, 6) is -4.27. The molecule has 3 heterocycles. The minimum absolute atomic E-state index is 0.0380. The van der Waals surface area contributed by atoms with Crippen LogP contribution in [0.15, 0.2) is 60.0 Å². The molecule has 4 N–H and O–H groups in total. The highest BCUT2D eigenvalue weighted by atomic mass is 16.7. The maximum absolute atomic E-state index is 14.2. The molecule has 0 amide bonds. The van der Waals surface area contributed by atoms with Gasteiger partial charge in [0.05, 0.1) is 48.6 Å².